The minimum atomic E-state index is -0.129. The highest BCUT2D eigenvalue weighted by atomic mass is 35.5. The van der Waals surface area contributed by atoms with E-state index in [4.69, 9.17) is 11.6 Å². The summed E-state index contributed by atoms with van der Waals surface area (Å²) in [7, 11) is 0. The van der Waals surface area contributed by atoms with Crippen LogP contribution in [0.5, 0.6) is 0 Å². The Kier molecular flexibility index (Phi) is 5.26. The Balaban J connectivity index is 1.62. The smallest absolute Gasteiger partial charge is 0.230 e. The molecule has 0 aliphatic carbocycles. The number of amides is 1. The molecule has 0 bridgehead atoms. The lowest BCUT2D eigenvalue weighted by molar-refractivity contribution is -0.115. The molecule has 1 aromatic heterocycles. The van der Waals surface area contributed by atoms with Gasteiger partial charge in [0.1, 0.15) is 0 Å². The van der Waals surface area contributed by atoms with Crippen molar-refractivity contribution in [3.8, 4) is 0 Å². The van der Waals surface area contributed by atoms with Gasteiger partial charge in [-0.05, 0) is 42.3 Å². The molecule has 2 N–H and O–H groups in total. The van der Waals surface area contributed by atoms with Crippen molar-refractivity contribution in [2.75, 3.05) is 10.6 Å². The lowest BCUT2D eigenvalue weighted by atomic mass is 10.1. The summed E-state index contributed by atoms with van der Waals surface area (Å²) >= 11 is 6.10. The fraction of sp³-hybridized carbons (Fsp3) is 0.105. The first-order valence-corrected chi connectivity index (χ1v) is 8.19. The van der Waals surface area contributed by atoms with Crippen molar-refractivity contribution < 1.29 is 4.79 Å². The number of halogens is 1. The van der Waals surface area contributed by atoms with E-state index < -0.39 is 0 Å². The summed E-state index contributed by atoms with van der Waals surface area (Å²) in [6.45, 7) is 1.98. The summed E-state index contributed by atoms with van der Waals surface area (Å²) in [5, 5.41) is 14.5. The largest absolute Gasteiger partial charge is 0.338 e. The molecule has 2 aromatic carbocycles. The molecule has 3 rings (SSSR count). The number of hydrogen-bond donors (Lipinski definition) is 2. The van der Waals surface area contributed by atoms with Crippen LogP contribution in [-0.2, 0) is 11.2 Å². The second-order valence-corrected chi connectivity index (χ2v) is 5.97. The zero-order valence-corrected chi connectivity index (χ0v) is 14.4. The predicted octanol–water partition coefficient (Wildman–Crippen LogP) is 4.36. The Bertz CT molecular complexity index is 881. The van der Waals surface area contributed by atoms with E-state index in [0.717, 1.165) is 16.8 Å². The normalized spacial score (nSPS) is 10.3. The van der Waals surface area contributed by atoms with Crippen molar-refractivity contribution in [1.82, 2.24) is 10.2 Å². The number of para-hydroxylation sites is 1. The van der Waals surface area contributed by atoms with Crippen LogP contribution in [0.1, 0.15) is 11.1 Å². The number of aromatic nitrogens is 2. The lowest BCUT2D eigenvalue weighted by Crippen LogP contribution is -2.16. The van der Waals surface area contributed by atoms with Crippen molar-refractivity contribution in [2.45, 2.75) is 13.3 Å². The average molecular weight is 353 g/mol. The molecular formula is C19H17ClN4O. The van der Waals surface area contributed by atoms with Crippen LogP contribution in [0.25, 0.3) is 0 Å². The van der Waals surface area contributed by atoms with E-state index in [-0.39, 0.29) is 5.91 Å². The van der Waals surface area contributed by atoms with Gasteiger partial charge in [-0.15, -0.1) is 10.2 Å². The number of anilines is 3. The SMILES string of the molecule is Cc1ccccc1CC(=O)Nc1ccc(Nc2ccccc2Cl)nn1. The van der Waals surface area contributed by atoms with Crippen molar-refractivity contribution in [3.63, 3.8) is 0 Å². The highest BCUT2D eigenvalue weighted by Gasteiger charge is 2.08. The third-order valence-electron chi connectivity index (χ3n) is 3.68. The van der Waals surface area contributed by atoms with Gasteiger partial charge in [-0.25, -0.2) is 0 Å². The monoisotopic (exact) mass is 352 g/mol. The molecule has 6 heteroatoms. The summed E-state index contributed by atoms with van der Waals surface area (Å²) in [4.78, 5) is 12.1. The van der Waals surface area contributed by atoms with Gasteiger partial charge in [0.05, 0.1) is 17.1 Å². The molecule has 5 nitrogen and oxygen atoms in total. The molecule has 1 heterocycles. The van der Waals surface area contributed by atoms with Gasteiger partial charge < -0.3 is 10.6 Å². The number of nitrogens with zero attached hydrogens (tertiary/aromatic N) is 2. The lowest BCUT2D eigenvalue weighted by Gasteiger charge is -2.08. The Morgan fingerprint density at radius 2 is 1.64 bits per heavy atom. The van der Waals surface area contributed by atoms with E-state index in [0.29, 0.717) is 23.1 Å². The Hall–Kier alpha value is -2.92. The van der Waals surface area contributed by atoms with Crippen LogP contribution in [0, 0.1) is 6.92 Å². The molecule has 0 aliphatic rings. The summed E-state index contributed by atoms with van der Waals surface area (Å²) < 4.78 is 0. The summed E-state index contributed by atoms with van der Waals surface area (Å²) in [5.74, 6) is 0.823. The van der Waals surface area contributed by atoms with E-state index in [1.54, 1.807) is 18.2 Å². The molecule has 25 heavy (non-hydrogen) atoms. The van der Waals surface area contributed by atoms with E-state index in [9.17, 15) is 4.79 Å². The summed E-state index contributed by atoms with van der Waals surface area (Å²) in [6.07, 6.45) is 0.300. The molecule has 0 saturated carbocycles. The van der Waals surface area contributed by atoms with E-state index in [1.807, 2.05) is 49.4 Å². The van der Waals surface area contributed by atoms with Crippen LogP contribution < -0.4 is 10.6 Å². The third kappa shape index (κ3) is 4.55. The molecule has 0 atom stereocenters. The Morgan fingerprint density at radius 3 is 2.36 bits per heavy atom. The highest BCUT2D eigenvalue weighted by Crippen LogP contribution is 2.23. The van der Waals surface area contributed by atoms with Crippen molar-refractivity contribution >= 4 is 34.8 Å². The molecule has 1 amide bonds. The van der Waals surface area contributed by atoms with Crippen LogP contribution in [0.15, 0.2) is 60.7 Å². The third-order valence-corrected chi connectivity index (χ3v) is 4.01. The topological polar surface area (TPSA) is 66.9 Å². The van der Waals surface area contributed by atoms with Crippen molar-refractivity contribution in [1.29, 1.82) is 0 Å². The van der Waals surface area contributed by atoms with Gasteiger partial charge in [-0.1, -0.05) is 48.0 Å². The molecular weight excluding hydrogens is 336 g/mol. The summed E-state index contributed by atoms with van der Waals surface area (Å²) in [5.41, 5.74) is 2.82. The minimum absolute atomic E-state index is 0.129. The number of carbonyl (C=O) groups is 1. The molecule has 126 valence electrons. The fourth-order valence-corrected chi connectivity index (χ4v) is 2.52. The Labute approximate surface area is 151 Å². The summed E-state index contributed by atoms with van der Waals surface area (Å²) in [6, 6.07) is 18.6. The quantitative estimate of drug-likeness (QED) is 0.715. The maximum absolute atomic E-state index is 12.1. The maximum Gasteiger partial charge on any atom is 0.230 e. The van der Waals surface area contributed by atoms with E-state index in [2.05, 4.69) is 20.8 Å². The van der Waals surface area contributed by atoms with Crippen molar-refractivity contribution in [3.05, 3.63) is 76.8 Å². The van der Waals surface area contributed by atoms with Crippen LogP contribution >= 0.6 is 11.6 Å². The molecule has 0 spiro atoms. The van der Waals surface area contributed by atoms with Gasteiger partial charge in [0.2, 0.25) is 5.91 Å². The number of hydrogen-bond acceptors (Lipinski definition) is 4. The molecule has 0 saturated heterocycles. The van der Waals surface area contributed by atoms with Gasteiger partial charge in [0.15, 0.2) is 11.6 Å². The maximum atomic E-state index is 12.1. The van der Waals surface area contributed by atoms with Crippen LogP contribution in [0.2, 0.25) is 5.02 Å². The van der Waals surface area contributed by atoms with Crippen LogP contribution in [-0.4, -0.2) is 16.1 Å². The first-order valence-electron chi connectivity index (χ1n) is 7.81. The van der Waals surface area contributed by atoms with E-state index in [1.165, 1.54) is 0 Å². The fourth-order valence-electron chi connectivity index (χ4n) is 2.33. The molecule has 0 aliphatic heterocycles. The average Bonchev–Trinajstić information content (AvgIpc) is 2.61. The standard InChI is InChI=1S/C19H17ClN4O/c1-13-6-2-3-7-14(13)12-19(25)22-18-11-10-17(23-24-18)21-16-9-5-4-8-15(16)20/h2-11H,12H2,1H3,(H,21,23)(H,22,24,25). The van der Waals surface area contributed by atoms with Gasteiger partial charge >= 0.3 is 0 Å². The van der Waals surface area contributed by atoms with Gasteiger partial charge in [0, 0.05) is 0 Å². The number of aryl methyl sites for hydroxylation is 1. The Morgan fingerprint density at radius 1 is 0.960 bits per heavy atom. The van der Waals surface area contributed by atoms with Gasteiger partial charge in [-0.3, -0.25) is 4.79 Å². The zero-order chi connectivity index (χ0) is 17.6. The van der Waals surface area contributed by atoms with E-state index >= 15 is 0 Å². The minimum Gasteiger partial charge on any atom is -0.338 e. The molecule has 0 unspecified atom stereocenters. The predicted molar refractivity (Wildman–Crippen MR) is 100 cm³/mol. The second kappa shape index (κ2) is 7.77. The molecule has 0 fully saturated rings. The van der Waals surface area contributed by atoms with Gasteiger partial charge in [-0.2, -0.15) is 0 Å². The number of nitrogens with one attached hydrogen (secondary N) is 2. The first kappa shape index (κ1) is 16.9. The molecule has 0 radical (unpaired) electrons. The first-order chi connectivity index (χ1) is 12.1. The number of carbonyl (C=O) groups excluding carboxylic acids is 1. The highest BCUT2D eigenvalue weighted by molar-refractivity contribution is 6.33. The zero-order valence-electron chi connectivity index (χ0n) is 13.7. The van der Waals surface area contributed by atoms with Crippen LogP contribution in [0.4, 0.5) is 17.3 Å². The van der Waals surface area contributed by atoms with Gasteiger partial charge in [0.25, 0.3) is 0 Å². The van der Waals surface area contributed by atoms with Crippen molar-refractivity contribution in [2.24, 2.45) is 0 Å². The second-order valence-electron chi connectivity index (χ2n) is 5.56. The number of rotatable bonds is 5. The number of benzene rings is 2. The van der Waals surface area contributed by atoms with Crippen LogP contribution in [0.3, 0.4) is 0 Å². The molecule has 3 aromatic rings.